The highest BCUT2D eigenvalue weighted by Gasteiger charge is 2.24. The van der Waals surface area contributed by atoms with E-state index in [1.807, 2.05) is 48.2 Å². The van der Waals surface area contributed by atoms with Gasteiger partial charge in [0.2, 0.25) is 0 Å². The summed E-state index contributed by atoms with van der Waals surface area (Å²) in [6.07, 6.45) is 0. The molecule has 132 valence electrons. The van der Waals surface area contributed by atoms with Crippen LogP contribution in [-0.2, 0) is 6.54 Å². The van der Waals surface area contributed by atoms with Crippen LogP contribution < -0.4 is 10.2 Å². The third-order valence-electron chi connectivity index (χ3n) is 4.30. The molecule has 1 aliphatic rings. The molecule has 0 aliphatic carbocycles. The van der Waals surface area contributed by atoms with Crippen LogP contribution in [0.3, 0.4) is 0 Å². The van der Waals surface area contributed by atoms with Crippen molar-refractivity contribution in [2.45, 2.75) is 23.6 Å². The molecule has 0 radical (unpaired) electrons. The second-order valence-corrected chi connectivity index (χ2v) is 8.86. The molecule has 0 saturated carbocycles. The standard InChI is InChI=1S/C21H20N2OS2/c1-15-14-23(17-9-5-6-10-18(17)25-15)20-12-11-19(26-20)21(24)22-13-16-7-3-2-4-8-16/h2-12,15H,13-14H2,1H3,(H,22,24)/t15-/m0/s1. The lowest BCUT2D eigenvalue weighted by atomic mass is 10.2. The van der Waals surface area contributed by atoms with Gasteiger partial charge in [-0.25, -0.2) is 0 Å². The maximum Gasteiger partial charge on any atom is 0.261 e. The van der Waals surface area contributed by atoms with E-state index in [-0.39, 0.29) is 5.91 Å². The van der Waals surface area contributed by atoms with E-state index in [0.29, 0.717) is 11.8 Å². The molecule has 0 saturated heterocycles. The number of thioether (sulfide) groups is 1. The van der Waals surface area contributed by atoms with Gasteiger partial charge in [0.05, 0.1) is 15.6 Å². The number of rotatable bonds is 4. The van der Waals surface area contributed by atoms with Crippen LogP contribution in [0, 0.1) is 0 Å². The SMILES string of the molecule is C[C@H]1CN(c2ccc(C(=O)NCc3ccccc3)s2)c2ccccc2S1. The summed E-state index contributed by atoms with van der Waals surface area (Å²) in [4.78, 5) is 16.9. The lowest BCUT2D eigenvalue weighted by Crippen LogP contribution is -2.28. The van der Waals surface area contributed by atoms with Gasteiger partial charge in [0.15, 0.2) is 0 Å². The normalized spacial score (nSPS) is 16.2. The van der Waals surface area contributed by atoms with Crippen molar-refractivity contribution in [1.29, 1.82) is 0 Å². The molecule has 1 amide bonds. The molecule has 26 heavy (non-hydrogen) atoms. The fourth-order valence-electron chi connectivity index (χ4n) is 3.06. The fourth-order valence-corrected chi connectivity index (χ4v) is 5.12. The highest BCUT2D eigenvalue weighted by molar-refractivity contribution is 8.00. The molecule has 1 atom stereocenters. The molecule has 0 unspecified atom stereocenters. The first-order valence-corrected chi connectivity index (χ1v) is 10.4. The van der Waals surface area contributed by atoms with Gasteiger partial charge < -0.3 is 10.2 Å². The van der Waals surface area contributed by atoms with E-state index < -0.39 is 0 Å². The van der Waals surface area contributed by atoms with E-state index in [2.05, 4.69) is 47.5 Å². The number of carbonyl (C=O) groups is 1. The van der Waals surface area contributed by atoms with Crippen molar-refractivity contribution in [1.82, 2.24) is 5.32 Å². The summed E-state index contributed by atoms with van der Waals surface area (Å²) in [6.45, 7) is 3.75. The Balaban J connectivity index is 1.50. The van der Waals surface area contributed by atoms with Crippen LogP contribution in [0.5, 0.6) is 0 Å². The molecule has 1 aliphatic heterocycles. The number of nitrogens with zero attached hydrogens (tertiary/aromatic N) is 1. The Labute approximate surface area is 162 Å². The second-order valence-electron chi connectivity index (χ2n) is 6.31. The highest BCUT2D eigenvalue weighted by Crippen LogP contribution is 2.43. The van der Waals surface area contributed by atoms with E-state index in [1.165, 1.54) is 10.6 Å². The van der Waals surface area contributed by atoms with E-state index >= 15 is 0 Å². The maximum absolute atomic E-state index is 12.5. The smallest absolute Gasteiger partial charge is 0.261 e. The van der Waals surface area contributed by atoms with E-state index in [9.17, 15) is 4.79 Å². The van der Waals surface area contributed by atoms with Crippen molar-refractivity contribution in [2.75, 3.05) is 11.4 Å². The largest absolute Gasteiger partial charge is 0.347 e. The van der Waals surface area contributed by atoms with Gasteiger partial charge in [0.25, 0.3) is 5.91 Å². The number of fused-ring (bicyclic) bond motifs is 1. The number of hydrogen-bond acceptors (Lipinski definition) is 4. The van der Waals surface area contributed by atoms with Crippen molar-refractivity contribution >= 4 is 39.7 Å². The van der Waals surface area contributed by atoms with Crippen LogP contribution in [0.25, 0.3) is 0 Å². The zero-order chi connectivity index (χ0) is 17.9. The van der Waals surface area contributed by atoms with E-state index in [1.54, 1.807) is 11.3 Å². The highest BCUT2D eigenvalue weighted by atomic mass is 32.2. The third kappa shape index (κ3) is 3.64. The van der Waals surface area contributed by atoms with Gasteiger partial charge in [-0.3, -0.25) is 4.79 Å². The number of para-hydroxylation sites is 1. The Morgan fingerprint density at radius 3 is 2.69 bits per heavy atom. The molecule has 3 nitrogen and oxygen atoms in total. The average Bonchev–Trinajstić information content (AvgIpc) is 3.16. The molecule has 2 heterocycles. The number of hydrogen-bond donors (Lipinski definition) is 1. The summed E-state index contributed by atoms with van der Waals surface area (Å²) < 4.78 is 0. The lowest BCUT2D eigenvalue weighted by Gasteiger charge is -2.33. The van der Waals surface area contributed by atoms with Crippen LogP contribution >= 0.6 is 23.1 Å². The van der Waals surface area contributed by atoms with Crippen LogP contribution in [0.2, 0.25) is 0 Å². The minimum absolute atomic E-state index is 0.0159. The number of amides is 1. The Hall–Kier alpha value is -2.24. The molecule has 1 N–H and O–H groups in total. The van der Waals surface area contributed by atoms with Gasteiger partial charge in [-0.1, -0.05) is 49.4 Å². The van der Waals surface area contributed by atoms with Gasteiger partial charge in [-0.2, -0.15) is 0 Å². The van der Waals surface area contributed by atoms with E-state index in [4.69, 9.17) is 0 Å². The predicted octanol–water partition coefficient (Wildman–Crippen LogP) is 5.31. The van der Waals surface area contributed by atoms with Crippen molar-refractivity contribution in [3.05, 3.63) is 77.2 Å². The number of carbonyl (C=O) groups excluding carboxylic acids is 1. The summed E-state index contributed by atoms with van der Waals surface area (Å²) in [7, 11) is 0. The number of benzene rings is 2. The lowest BCUT2D eigenvalue weighted by molar-refractivity contribution is 0.0955. The molecule has 2 aromatic carbocycles. The fraction of sp³-hybridized carbons (Fsp3) is 0.190. The van der Waals surface area contributed by atoms with Crippen molar-refractivity contribution in [2.24, 2.45) is 0 Å². The number of nitrogens with one attached hydrogen (secondary N) is 1. The Morgan fingerprint density at radius 1 is 1.08 bits per heavy atom. The molecule has 3 aromatic rings. The van der Waals surface area contributed by atoms with Crippen LogP contribution in [0.4, 0.5) is 10.7 Å². The molecule has 1 aromatic heterocycles. The molecule has 0 fully saturated rings. The van der Waals surface area contributed by atoms with Crippen LogP contribution in [0.15, 0.2) is 71.6 Å². The van der Waals surface area contributed by atoms with Crippen LogP contribution in [0.1, 0.15) is 22.2 Å². The summed E-state index contributed by atoms with van der Waals surface area (Å²) >= 11 is 3.47. The molecule has 4 rings (SSSR count). The zero-order valence-corrected chi connectivity index (χ0v) is 16.1. The number of thiophene rings is 1. The maximum atomic E-state index is 12.5. The van der Waals surface area contributed by atoms with E-state index in [0.717, 1.165) is 22.0 Å². The average molecular weight is 381 g/mol. The van der Waals surface area contributed by atoms with Crippen molar-refractivity contribution < 1.29 is 4.79 Å². The van der Waals surface area contributed by atoms with Gasteiger partial charge >= 0.3 is 0 Å². The summed E-state index contributed by atoms with van der Waals surface area (Å²) in [5.74, 6) is -0.0159. The van der Waals surface area contributed by atoms with Gasteiger partial charge in [0.1, 0.15) is 0 Å². The van der Waals surface area contributed by atoms with Crippen molar-refractivity contribution in [3.8, 4) is 0 Å². The molecular weight excluding hydrogens is 360 g/mol. The predicted molar refractivity (Wildman–Crippen MR) is 111 cm³/mol. The quantitative estimate of drug-likeness (QED) is 0.666. The summed E-state index contributed by atoms with van der Waals surface area (Å²) in [6, 6.07) is 22.4. The molecule has 0 bridgehead atoms. The second kappa shape index (κ2) is 7.56. The summed E-state index contributed by atoms with van der Waals surface area (Å²) in [5, 5.41) is 4.64. The first kappa shape index (κ1) is 17.2. The molecule has 0 spiro atoms. The first-order chi connectivity index (χ1) is 12.7. The number of anilines is 2. The van der Waals surface area contributed by atoms with Gasteiger partial charge in [-0.05, 0) is 29.8 Å². The Bertz CT molecular complexity index is 907. The third-order valence-corrected chi connectivity index (χ3v) is 6.56. The zero-order valence-electron chi connectivity index (χ0n) is 14.5. The van der Waals surface area contributed by atoms with Crippen molar-refractivity contribution in [3.63, 3.8) is 0 Å². The Morgan fingerprint density at radius 2 is 1.85 bits per heavy atom. The first-order valence-electron chi connectivity index (χ1n) is 8.66. The topological polar surface area (TPSA) is 32.3 Å². The Kier molecular flexibility index (Phi) is 5.00. The summed E-state index contributed by atoms with van der Waals surface area (Å²) in [5.41, 5.74) is 2.34. The van der Waals surface area contributed by atoms with Gasteiger partial charge in [0, 0.05) is 23.2 Å². The minimum Gasteiger partial charge on any atom is -0.347 e. The van der Waals surface area contributed by atoms with Crippen LogP contribution in [-0.4, -0.2) is 17.7 Å². The molecular formula is C21H20N2OS2. The molecule has 5 heteroatoms. The minimum atomic E-state index is -0.0159. The van der Waals surface area contributed by atoms with Gasteiger partial charge in [-0.15, -0.1) is 23.1 Å². The monoisotopic (exact) mass is 380 g/mol.